The van der Waals surface area contributed by atoms with Crippen LogP contribution in [0.2, 0.25) is 0 Å². The Bertz CT molecular complexity index is 940. The van der Waals surface area contributed by atoms with E-state index >= 15 is 0 Å². The topological polar surface area (TPSA) is 81.7 Å². The van der Waals surface area contributed by atoms with Gasteiger partial charge in [-0.25, -0.2) is 8.42 Å². The Morgan fingerprint density at radius 3 is 2.28 bits per heavy atom. The summed E-state index contributed by atoms with van der Waals surface area (Å²) in [5.74, 6) is 0.992. The molecule has 0 aliphatic heterocycles. The number of carbonyl (C=O) groups excluding carboxylic acids is 1. The van der Waals surface area contributed by atoms with E-state index in [0.717, 1.165) is 24.7 Å². The highest BCUT2D eigenvalue weighted by atomic mass is 32.2. The van der Waals surface area contributed by atoms with E-state index in [4.69, 9.17) is 9.47 Å². The monoisotopic (exact) mass is 419 g/mol. The molecule has 0 aliphatic rings. The maximum atomic E-state index is 12.6. The summed E-state index contributed by atoms with van der Waals surface area (Å²) in [6, 6.07) is 11.3. The summed E-state index contributed by atoms with van der Waals surface area (Å²) in [7, 11) is -3.38. The van der Waals surface area contributed by atoms with Crippen LogP contribution in [0, 0.1) is 0 Å². The van der Waals surface area contributed by atoms with Gasteiger partial charge in [0.1, 0.15) is 0 Å². The Hall–Kier alpha value is -2.54. The first-order valence-electron chi connectivity index (χ1n) is 9.76. The highest BCUT2D eigenvalue weighted by Crippen LogP contribution is 2.31. The van der Waals surface area contributed by atoms with Gasteiger partial charge in [0.05, 0.1) is 24.2 Å². The van der Waals surface area contributed by atoms with E-state index < -0.39 is 9.84 Å². The van der Waals surface area contributed by atoms with Gasteiger partial charge in [-0.05, 0) is 55.7 Å². The number of rotatable bonds is 10. The Kier molecular flexibility index (Phi) is 8.08. The van der Waals surface area contributed by atoms with Gasteiger partial charge in [0.25, 0.3) is 5.91 Å². The summed E-state index contributed by atoms with van der Waals surface area (Å²) in [6.45, 7) is 7.11. The standard InChI is InChI=1S/C22H29NO5S/c1-5-12-27-20-11-10-17(15-21(20)28-13-6-2)16(3)23-22(24)18-8-7-9-19(14-18)29(4,25)26/h7-11,14-16H,5-6,12-13H2,1-4H3,(H,23,24)/t16-/m0/s1. The Labute approximate surface area is 173 Å². The van der Waals surface area contributed by atoms with Gasteiger partial charge in [0, 0.05) is 11.8 Å². The quantitative estimate of drug-likeness (QED) is 0.625. The third-order valence-electron chi connectivity index (χ3n) is 4.26. The van der Waals surface area contributed by atoms with E-state index in [2.05, 4.69) is 5.32 Å². The highest BCUT2D eigenvalue weighted by molar-refractivity contribution is 7.90. The van der Waals surface area contributed by atoms with Gasteiger partial charge in [0.2, 0.25) is 0 Å². The predicted octanol–water partition coefficient (Wildman–Crippen LogP) is 4.16. The molecule has 1 N–H and O–H groups in total. The average molecular weight is 420 g/mol. The van der Waals surface area contributed by atoms with Gasteiger partial charge < -0.3 is 14.8 Å². The second kappa shape index (κ2) is 10.3. The number of hydrogen-bond acceptors (Lipinski definition) is 5. The van der Waals surface area contributed by atoms with Crippen molar-refractivity contribution < 1.29 is 22.7 Å². The fraction of sp³-hybridized carbons (Fsp3) is 0.409. The number of nitrogens with one attached hydrogen (secondary N) is 1. The zero-order valence-electron chi connectivity index (χ0n) is 17.4. The molecule has 0 unspecified atom stereocenters. The maximum Gasteiger partial charge on any atom is 0.251 e. The van der Waals surface area contributed by atoms with Crippen molar-refractivity contribution in [2.24, 2.45) is 0 Å². The van der Waals surface area contributed by atoms with Crippen LogP contribution in [-0.2, 0) is 9.84 Å². The van der Waals surface area contributed by atoms with Crippen molar-refractivity contribution in [1.82, 2.24) is 5.32 Å². The molecule has 0 saturated heterocycles. The van der Waals surface area contributed by atoms with Crippen molar-refractivity contribution in [3.63, 3.8) is 0 Å². The largest absolute Gasteiger partial charge is 0.490 e. The average Bonchev–Trinajstić information content (AvgIpc) is 2.70. The van der Waals surface area contributed by atoms with Crippen molar-refractivity contribution >= 4 is 15.7 Å². The van der Waals surface area contributed by atoms with Crippen LogP contribution in [0.5, 0.6) is 11.5 Å². The fourth-order valence-electron chi connectivity index (χ4n) is 2.68. The highest BCUT2D eigenvalue weighted by Gasteiger charge is 2.16. The molecule has 0 heterocycles. The number of sulfone groups is 1. The van der Waals surface area contributed by atoms with E-state index in [1.165, 1.54) is 12.1 Å². The van der Waals surface area contributed by atoms with E-state index in [0.29, 0.717) is 30.3 Å². The minimum Gasteiger partial charge on any atom is -0.490 e. The maximum absolute atomic E-state index is 12.6. The van der Waals surface area contributed by atoms with Crippen LogP contribution in [-0.4, -0.2) is 33.8 Å². The minimum absolute atomic E-state index is 0.116. The van der Waals surface area contributed by atoms with Crippen LogP contribution in [0.25, 0.3) is 0 Å². The smallest absolute Gasteiger partial charge is 0.251 e. The van der Waals surface area contributed by atoms with Crippen LogP contribution in [0.4, 0.5) is 0 Å². The SMILES string of the molecule is CCCOc1ccc([C@H](C)NC(=O)c2cccc(S(C)(=O)=O)c2)cc1OCCC. The zero-order valence-corrected chi connectivity index (χ0v) is 18.2. The van der Waals surface area contributed by atoms with Gasteiger partial charge in [-0.1, -0.05) is 26.0 Å². The molecule has 0 spiro atoms. The van der Waals surface area contributed by atoms with E-state index in [9.17, 15) is 13.2 Å². The molecule has 1 amide bonds. The summed E-state index contributed by atoms with van der Waals surface area (Å²) in [5, 5.41) is 2.91. The summed E-state index contributed by atoms with van der Waals surface area (Å²) in [5.41, 5.74) is 1.16. The lowest BCUT2D eigenvalue weighted by atomic mass is 10.1. The molecule has 0 saturated carbocycles. The van der Waals surface area contributed by atoms with Crippen LogP contribution in [0.3, 0.4) is 0 Å². The number of amides is 1. The number of carbonyl (C=O) groups is 1. The van der Waals surface area contributed by atoms with Crippen LogP contribution in [0.1, 0.15) is 55.6 Å². The first-order valence-corrected chi connectivity index (χ1v) is 11.7. The van der Waals surface area contributed by atoms with Gasteiger partial charge >= 0.3 is 0 Å². The summed E-state index contributed by atoms with van der Waals surface area (Å²) in [6.07, 6.45) is 2.89. The lowest BCUT2D eigenvalue weighted by Gasteiger charge is -2.18. The Morgan fingerprint density at radius 1 is 1.00 bits per heavy atom. The predicted molar refractivity (Wildman–Crippen MR) is 113 cm³/mol. The summed E-state index contributed by atoms with van der Waals surface area (Å²) >= 11 is 0. The van der Waals surface area contributed by atoms with E-state index in [-0.39, 0.29) is 16.8 Å². The lowest BCUT2D eigenvalue weighted by molar-refractivity contribution is 0.0939. The minimum atomic E-state index is -3.38. The van der Waals surface area contributed by atoms with Crippen molar-refractivity contribution in [2.45, 2.75) is 44.6 Å². The first-order chi connectivity index (χ1) is 13.8. The molecule has 29 heavy (non-hydrogen) atoms. The van der Waals surface area contributed by atoms with Crippen molar-refractivity contribution in [1.29, 1.82) is 0 Å². The molecule has 2 rings (SSSR count). The van der Waals surface area contributed by atoms with Gasteiger partial charge in [-0.2, -0.15) is 0 Å². The molecule has 2 aromatic rings. The summed E-state index contributed by atoms with van der Waals surface area (Å²) < 4.78 is 35.0. The normalized spacial score (nSPS) is 12.3. The van der Waals surface area contributed by atoms with Crippen LogP contribution >= 0.6 is 0 Å². The van der Waals surface area contributed by atoms with Crippen LogP contribution in [0.15, 0.2) is 47.4 Å². The molecule has 0 bridgehead atoms. The molecule has 0 radical (unpaired) electrons. The molecule has 0 fully saturated rings. The second-order valence-electron chi connectivity index (χ2n) is 6.90. The molecule has 0 aromatic heterocycles. The molecule has 158 valence electrons. The fourth-order valence-corrected chi connectivity index (χ4v) is 3.35. The molecule has 0 aliphatic carbocycles. The lowest BCUT2D eigenvalue weighted by Crippen LogP contribution is -2.26. The van der Waals surface area contributed by atoms with Crippen molar-refractivity contribution in [2.75, 3.05) is 19.5 Å². The van der Waals surface area contributed by atoms with Crippen molar-refractivity contribution in [3.05, 3.63) is 53.6 Å². The molecule has 7 heteroatoms. The second-order valence-corrected chi connectivity index (χ2v) is 8.91. The van der Waals surface area contributed by atoms with E-state index in [1.54, 1.807) is 12.1 Å². The number of benzene rings is 2. The molecule has 1 atom stereocenters. The Morgan fingerprint density at radius 2 is 1.66 bits per heavy atom. The first kappa shape index (κ1) is 22.7. The molecule has 6 nitrogen and oxygen atoms in total. The molecule has 2 aromatic carbocycles. The van der Waals surface area contributed by atoms with Gasteiger partial charge in [0.15, 0.2) is 21.3 Å². The van der Waals surface area contributed by atoms with E-state index in [1.807, 2.05) is 39.0 Å². The third-order valence-corrected chi connectivity index (χ3v) is 5.37. The number of ether oxygens (including phenoxy) is 2. The molecular weight excluding hydrogens is 390 g/mol. The van der Waals surface area contributed by atoms with Gasteiger partial charge in [-0.15, -0.1) is 0 Å². The number of hydrogen-bond donors (Lipinski definition) is 1. The van der Waals surface area contributed by atoms with Crippen LogP contribution < -0.4 is 14.8 Å². The zero-order chi connectivity index (χ0) is 21.4. The van der Waals surface area contributed by atoms with Crippen molar-refractivity contribution in [3.8, 4) is 11.5 Å². The third kappa shape index (κ3) is 6.49. The van der Waals surface area contributed by atoms with Gasteiger partial charge in [-0.3, -0.25) is 4.79 Å². The molecular formula is C22H29NO5S. The Balaban J connectivity index is 2.19. The summed E-state index contributed by atoms with van der Waals surface area (Å²) in [4.78, 5) is 12.7.